The van der Waals surface area contributed by atoms with E-state index >= 15 is 0 Å². The molecule has 0 bridgehead atoms. The normalized spacial score (nSPS) is 11.1. The predicted molar refractivity (Wildman–Crippen MR) is 119 cm³/mol. The van der Waals surface area contributed by atoms with Gasteiger partial charge in [0.05, 0.1) is 29.5 Å². The summed E-state index contributed by atoms with van der Waals surface area (Å²) in [5.74, 6) is -0.510. The Kier molecular flexibility index (Phi) is 5.57. The maximum Gasteiger partial charge on any atom is 0.276 e. The Bertz CT molecular complexity index is 1250. The summed E-state index contributed by atoms with van der Waals surface area (Å²) in [6.45, 7) is 1.86. The van der Waals surface area contributed by atoms with Gasteiger partial charge in [-0.1, -0.05) is 18.2 Å². The number of nitrogens with zero attached hydrogens (tertiary/aromatic N) is 4. The molecular weight excluding hydrogens is 394 g/mol. The number of amides is 2. The number of fused-ring (bicyclic) bond motifs is 1. The number of carbonyl (C=O) groups excluding carboxylic acids is 2. The minimum Gasteiger partial charge on any atom is -0.361 e. The van der Waals surface area contributed by atoms with Crippen molar-refractivity contribution in [1.29, 1.82) is 0 Å². The highest BCUT2D eigenvalue weighted by molar-refractivity contribution is 6.09. The predicted octanol–water partition coefficient (Wildman–Crippen LogP) is 3.16. The average Bonchev–Trinajstić information content (AvgIpc) is 3.42. The molecule has 0 saturated carbocycles. The lowest BCUT2D eigenvalue weighted by molar-refractivity contribution is -0.116. The zero-order chi connectivity index (χ0) is 22.0. The Morgan fingerprint density at radius 3 is 2.55 bits per heavy atom. The van der Waals surface area contributed by atoms with Crippen LogP contribution >= 0.6 is 0 Å². The van der Waals surface area contributed by atoms with Crippen molar-refractivity contribution >= 4 is 34.1 Å². The molecule has 0 fully saturated rings. The molecule has 2 amide bonds. The Hall–Kier alpha value is -3.88. The Morgan fingerprint density at radius 1 is 1.03 bits per heavy atom. The van der Waals surface area contributed by atoms with E-state index in [-0.39, 0.29) is 17.5 Å². The van der Waals surface area contributed by atoms with Gasteiger partial charge in [-0.15, -0.1) is 0 Å². The van der Waals surface area contributed by atoms with Crippen LogP contribution in [0.15, 0.2) is 42.9 Å². The summed E-state index contributed by atoms with van der Waals surface area (Å²) >= 11 is 0. The van der Waals surface area contributed by atoms with Crippen LogP contribution < -0.4 is 10.6 Å². The van der Waals surface area contributed by atoms with E-state index in [0.29, 0.717) is 24.2 Å². The maximum absolute atomic E-state index is 12.8. The second-order valence-electron chi connectivity index (χ2n) is 7.51. The van der Waals surface area contributed by atoms with Crippen LogP contribution in [0.2, 0.25) is 0 Å². The fourth-order valence-corrected chi connectivity index (χ4v) is 3.59. The van der Waals surface area contributed by atoms with E-state index in [2.05, 4.69) is 31.9 Å². The molecule has 1 aromatic carbocycles. The van der Waals surface area contributed by atoms with Crippen LogP contribution in [0.5, 0.6) is 0 Å². The molecule has 3 heterocycles. The van der Waals surface area contributed by atoms with Crippen molar-refractivity contribution in [2.24, 2.45) is 14.1 Å². The molecular formula is C22H25N7O2. The van der Waals surface area contributed by atoms with Crippen molar-refractivity contribution in [2.75, 3.05) is 10.6 Å². The molecule has 0 aliphatic carbocycles. The first-order chi connectivity index (χ1) is 14.9. The number of carbonyl (C=O) groups is 2. The Labute approximate surface area is 179 Å². The monoisotopic (exact) mass is 419 g/mol. The number of para-hydroxylation sites is 1. The number of anilines is 2. The van der Waals surface area contributed by atoms with E-state index in [1.54, 1.807) is 25.0 Å². The third kappa shape index (κ3) is 4.20. The molecule has 3 aromatic heterocycles. The van der Waals surface area contributed by atoms with Crippen LogP contribution in [0, 0.1) is 6.92 Å². The first-order valence-electron chi connectivity index (χ1n) is 10.1. The van der Waals surface area contributed by atoms with Crippen molar-refractivity contribution in [3.63, 3.8) is 0 Å². The standard InChI is InChI=1S/C22H25N7O2/c1-14-18(12-24-28(14)2)27-22(31)21-19(13-25-29(21)3)26-20(30)10-6-7-15-11-23-17-9-5-4-8-16(15)17/h4-5,8-9,11-13,23H,6-7,10H2,1-3H3,(H,26,30)(H,27,31). The smallest absolute Gasteiger partial charge is 0.276 e. The maximum atomic E-state index is 12.8. The van der Waals surface area contributed by atoms with Gasteiger partial charge in [-0.05, 0) is 31.4 Å². The molecule has 160 valence electrons. The number of aryl methyl sites for hydroxylation is 3. The quantitative estimate of drug-likeness (QED) is 0.427. The molecule has 0 aliphatic heterocycles. The summed E-state index contributed by atoms with van der Waals surface area (Å²) in [4.78, 5) is 28.5. The summed E-state index contributed by atoms with van der Waals surface area (Å²) in [7, 11) is 3.47. The Morgan fingerprint density at radius 2 is 1.77 bits per heavy atom. The lowest BCUT2D eigenvalue weighted by atomic mass is 10.1. The molecule has 9 heteroatoms. The zero-order valence-electron chi connectivity index (χ0n) is 17.8. The van der Waals surface area contributed by atoms with Crippen LogP contribution in [0.3, 0.4) is 0 Å². The van der Waals surface area contributed by atoms with Gasteiger partial charge in [0.15, 0.2) is 0 Å². The first-order valence-corrected chi connectivity index (χ1v) is 10.1. The summed E-state index contributed by atoms with van der Waals surface area (Å²) < 4.78 is 3.12. The molecule has 0 aliphatic rings. The van der Waals surface area contributed by atoms with E-state index in [0.717, 1.165) is 17.6 Å². The molecule has 4 aromatic rings. The van der Waals surface area contributed by atoms with E-state index < -0.39 is 0 Å². The van der Waals surface area contributed by atoms with Crippen LogP contribution in [0.4, 0.5) is 11.4 Å². The number of rotatable bonds is 7. The molecule has 0 radical (unpaired) electrons. The number of aromatic amines is 1. The lowest BCUT2D eigenvalue weighted by Crippen LogP contribution is -2.20. The number of hydrogen-bond acceptors (Lipinski definition) is 4. The average molecular weight is 419 g/mol. The molecule has 9 nitrogen and oxygen atoms in total. The number of hydrogen-bond donors (Lipinski definition) is 3. The largest absolute Gasteiger partial charge is 0.361 e. The number of aromatic nitrogens is 5. The highest BCUT2D eigenvalue weighted by Gasteiger charge is 2.20. The zero-order valence-corrected chi connectivity index (χ0v) is 17.8. The lowest BCUT2D eigenvalue weighted by Gasteiger charge is -2.09. The van der Waals surface area contributed by atoms with Gasteiger partial charge in [0.1, 0.15) is 5.69 Å². The summed E-state index contributed by atoms with van der Waals surface area (Å²) in [6.07, 6.45) is 6.90. The Balaban J connectivity index is 1.37. The minimum absolute atomic E-state index is 0.153. The fraction of sp³-hybridized carbons (Fsp3) is 0.273. The van der Waals surface area contributed by atoms with Gasteiger partial charge in [0, 0.05) is 37.6 Å². The summed E-state index contributed by atoms with van der Waals surface area (Å²) in [5, 5.41) is 15.1. The van der Waals surface area contributed by atoms with Crippen LogP contribution in [0.1, 0.15) is 34.6 Å². The SMILES string of the molecule is Cc1c(NC(=O)c2c(NC(=O)CCCc3c[nH]c4ccccc34)cnn2C)cnn1C. The molecule has 0 spiro atoms. The van der Waals surface area contributed by atoms with Crippen LogP contribution in [-0.4, -0.2) is 36.4 Å². The number of H-pyrrole nitrogens is 1. The summed E-state index contributed by atoms with van der Waals surface area (Å²) in [6, 6.07) is 8.11. The van der Waals surface area contributed by atoms with Gasteiger partial charge in [0.2, 0.25) is 5.91 Å². The third-order valence-corrected chi connectivity index (χ3v) is 5.44. The highest BCUT2D eigenvalue weighted by Crippen LogP contribution is 2.21. The third-order valence-electron chi connectivity index (χ3n) is 5.44. The van der Waals surface area contributed by atoms with E-state index in [1.807, 2.05) is 31.3 Å². The van der Waals surface area contributed by atoms with Crippen molar-refractivity contribution in [3.8, 4) is 0 Å². The van der Waals surface area contributed by atoms with E-state index in [4.69, 9.17) is 0 Å². The minimum atomic E-state index is -0.356. The summed E-state index contributed by atoms with van der Waals surface area (Å²) in [5.41, 5.74) is 4.41. The molecule has 0 saturated heterocycles. The highest BCUT2D eigenvalue weighted by atomic mass is 16.2. The van der Waals surface area contributed by atoms with Gasteiger partial charge >= 0.3 is 0 Å². The first kappa shape index (κ1) is 20.4. The topological polar surface area (TPSA) is 110 Å². The van der Waals surface area contributed by atoms with Crippen molar-refractivity contribution < 1.29 is 9.59 Å². The number of nitrogens with one attached hydrogen (secondary N) is 3. The van der Waals surface area contributed by atoms with Gasteiger partial charge in [-0.25, -0.2) is 0 Å². The molecule has 3 N–H and O–H groups in total. The van der Waals surface area contributed by atoms with Crippen LogP contribution in [-0.2, 0) is 25.3 Å². The second-order valence-corrected chi connectivity index (χ2v) is 7.51. The molecule has 4 rings (SSSR count). The fourth-order valence-electron chi connectivity index (χ4n) is 3.59. The van der Waals surface area contributed by atoms with Gasteiger partial charge in [-0.2, -0.15) is 10.2 Å². The van der Waals surface area contributed by atoms with Crippen molar-refractivity contribution in [2.45, 2.75) is 26.2 Å². The van der Waals surface area contributed by atoms with Crippen LogP contribution in [0.25, 0.3) is 10.9 Å². The van der Waals surface area contributed by atoms with E-state index in [9.17, 15) is 9.59 Å². The van der Waals surface area contributed by atoms with Gasteiger partial charge in [0.25, 0.3) is 5.91 Å². The van der Waals surface area contributed by atoms with E-state index in [1.165, 1.54) is 21.8 Å². The van der Waals surface area contributed by atoms with Crippen molar-refractivity contribution in [1.82, 2.24) is 24.5 Å². The molecule has 0 unspecified atom stereocenters. The van der Waals surface area contributed by atoms with Gasteiger partial charge in [-0.3, -0.25) is 19.0 Å². The molecule has 31 heavy (non-hydrogen) atoms. The van der Waals surface area contributed by atoms with Gasteiger partial charge < -0.3 is 15.6 Å². The molecule has 0 atom stereocenters. The number of benzene rings is 1. The van der Waals surface area contributed by atoms with Crippen molar-refractivity contribution in [3.05, 3.63) is 59.8 Å². The second kappa shape index (κ2) is 8.47.